The first kappa shape index (κ1) is 27.1. The standard InChI is InChI=1S/C26H42O3/c1-8-29-26(28)25(24(7)27)19-18-23(6)17-11-16-22(5)15-10-14-21(4)13-9-12-20(2)3/h12,14,16,18,25H,8-11,13,15,17,19H2,1-7H3/b21-14+,22-16+,23-18+. The van der Waals surface area contributed by atoms with Crippen LogP contribution >= 0.6 is 0 Å². The lowest BCUT2D eigenvalue weighted by Gasteiger charge is -2.10. The van der Waals surface area contributed by atoms with Crippen molar-refractivity contribution in [2.24, 2.45) is 5.92 Å². The minimum Gasteiger partial charge on any atom is -0.465 e. The molecule has 0 aromatic heterocycles. The van der Waals surface area contributed by atoms with E-state index in [0.717, 1.165) is 38.5 Å². The predicted octanol–water partition coefficient (Wildman–Crippen LogP) is 7.29. The van der Waals surface area contributed by atoms with E-state index in [9.17, 15) is 9.59 Å². The van der Waals surface area contributed by atoms with E-state index >= 15 is 0 Å². The molecule has 0 heterocycles. The molecular formula is C26H42O3. The topological polar surface area (TPSA) is 43.4 Å². The van der Waals surface area contributed by atoms with Crippen LogP contribution in [-0.4, -0.2) is 18.4 Å². The molecule has 0 rings (SSSR count). The number of esters is 1. The van der Waals surface area contributed by atoms with E-state index in [-0.39, 0.29) is 5.78 Å². The summed E-state index contributed by atoms with van der Waals surface area (Å²) >= 11 is 0. The smallest absolute Gasteiger partial charge is 0.316 e. The summed E-state index contributed by atoms with van der Waals surface area (Å²) in [5.74, 6) is -1.22. The van der Waals surface area contributed by atoms with Gasteiger partial charge in [0.25, 0.3) is 0 Å². The molecule has 0 bridgehead atoms. The summed E-state index contributed by atoms with van der Waals surface area (Å²) in [6, 6.07) is 0. The Balaban J connectivity index is 4.34. The number of ether oxygens (including phenoxy) is 1. The Morgan fingerprint density at radius 2 is 1.17 bits per heavy atom. The van der Waals surface area contributed by atoms with Crippen LogP contribution < -0.4 is 0 Å². The van der Waals surface area contributed by atoms with Crippen molar-refractivity contribution < 1.29 is 14.3 Å². The number of carbonyl (C=O) groups excluding carboxylic acids is 2. The molecule has 0 amide bonds. The van der Waals surface area contributed by atoms with Crippen LogP contribution in [-0.2, 0) is 14.3 Å². The third-order valence-electron chi connectivity index (χ3n) is 4.92. The average Bonchev–Trinajstić information content (AvgIpc) is 2.61. The third kappa shape index (κ3) is 14.7. The highest BCUT2D eigenvalue weighted by molar-refractivity contribution is 5.97. The Hall–Kier alpha value is -1.90. The molecule has 29 heavy (non-hydrogen) atoms. The molecule has 0 spiro atoms. The molecule has 0 N–H and O–H groups in total. The monoisotopic (exact) mass is 402 g/mol. The van der Waals surface area contributed by atoms with Crippen LogP contribution in [0.15, 0.2) is 46.6 Å². The van der Waals surface area contributed by atoms with Crippen molar-refractivity contribution in [3.05, 3.63) is 46.6 Å². The predicted molar refractivity (Wildman–Crippen MR) is 124 cm³/mol. The van der Waals surface area contributed by atoms with Crippen molar-refractivity contribution in [1.82, 2.24) is 0 Å². The molecular weight excluding hydrogens is 360 g/mol. The number of ketones is 1. The van der Waals surface area contributed by atoms with Gasteiger partial charge in [0.1, 0.15) is 11.7 Å². The summed E-state index contributed by atoms with van der Waals surface area (Å²) in [6.45, 7) is 14.3. The second kappa shape index (κ2) is 16.0. The van der Waals surface area contributed by atoms with E-state index in [1.54, 1.807) is 6.92 Å². The zero-order chi connectivity index (χ0) is 22.2. The highest BCUT2D eigenvalue weighted by Gasteiger charge is 2.23. The van der Waals surface area contributed by atoms with Gasteiger partial charge in [0.05, 0.1) is 6.61 Å². The van der Waals surface area contributed by atoms with Crippen LogP contribution in [0.1, 0.15) is 93.4 Å². The summed E-state index contributed by atoms with van der Waals surface area (Å²) in [4.78, 5) is 23.5. The lowest BCUT2D eigenvalue weighted by Crippen LogP contribution is -2.23. The van der Waals surface area contributed by atoms with Crippen LogP contribution in [0.25, 0.3) is 0 Å². The second-order valence-electron chi connectivity index (χ2n) is 8.20. The van der Waals surface area contributed by atoms with Crippen molar-refractivity contribution in [1.29, 1.82) is 0 Å². The van der Waals surface area contributed by atoms with Crippen molar-refractivity contribution in [3.8, 4) is 0 Å². The highest BCUT2D eigenvalue weighted by atomic mass is 16.5. The van der Waals surface area contributed by atoms with Crippen LogP contribution in [0, 0.1) is 5.92 Å². The first-order valence-corrected chi connectivity index (χ1v) is 10.9. The van der Waals surface area contributed by atoms with E-state index in [1.807, 2.05) is 6.08 Å². The van der Waals surface area contributed by atoms with Gasteiger partial charge in [-0.1, -0.05) is 46.6 Å². The Bertz CT molecular complexity index is 628. The Kier molecular flexibility index (Phi) is 14.9. The Morgan fingerprint density at radius 1 is 0.724 bits per heavy atom. The number of rotatable bonds is 14. The quantitative estimate of drug-likeness (QED) is 0.174. The normalized spacial score (nSPS) is 13.8. The van der Waals surface area contributed by atoms with Gasteiger partial charge in [-0.2, -0.15) is 0 Å². The van der Waals surface area contributed by atoms with E-state index in [4.69, 9.17) is 4.74 Å². The average molecular weight is 403 g/mol. The summed E-state index contributed by atoms with van der Waals surface area (Å²) in [6.07, 6.45) is 15.8. The lowest BCUT2D eigenvalue weighted by molar-refractivity contribution is -0.150. The molecule has 3 heteroatoms. The van der Waals surface area contributed by atoms with Crippen molar-refractivity contribution >= 4 is 11.8 Å². The molecule has 1 atom stereocenters. The molecule has 0 radical (unpaired) electrons. The zero-order valence-electron chi connectivity index (χ0n) is 19.8. The fourth-order valence-corrected chi connectivity index (χ4v) is 2.98. The number of allylic oxidation sites excluding steroid dienone is 8. The molecule has 0 aliphatic carbocycles. The van der Waals surface area contributed by atoms with Gasteiger partial charge in [0.15, 0.2) is 0 Å². The molecule has 0 saturated heterocycles. The molecule has 3 nitrogen and oxygen atoms in total. The van der Waals surface area contributed by atoms with Crippen molar-refractivity contribution in [2.75, 3.05) is 6.61 Å². The van der Waals surface area contributed by atoms with E-state index in [1.165, 1.54) is 29.2 Å². The van der Waals surface area contributed by atoms with E-state index in [2.05, 4.69) is 52.8 Å². The van der Waals surface area contributed by atoms with Crippen LogP contribution in [0.2, 0.25) is 0 Å². The Morgan fingerprint density at radius 3 is 1.59 bits per heavy atom. The van der Waals surface area contributed by atoms with Crippen molar-refractivity contribution in [2.45, 2.75) is 93.4 Å². The molecule has 0 aromatic carbocycles. The van der Waals surface area contributed by atoms with Crippen LogP contribution in [0.3, 0.4) is 0 Å². The van der Waals surface area contributed by atoms with Gasteiger partial charge in [0.2, 0.25) is 0 Å². The van der Waals surface area contributed by atoms with Gasteiger partial charge in [-0.15, -0.1) is 0 Å². The van der Waals surface area contributed by atoms with E-state index in [0.29, 0.717) is 13.0 Å². The molecule has 164 valence electrons. The fraction of sp³-hybridized carbons (Fsp3) is 0.615. The van der Waals surface area contributed by atoms with Crippen LogP contribution in [0.4, 0.5) is 0 Å². The van der Waals surface area contributed by atoms with Gasteiger partial charge >= 0.3 is 5.97 Å². The number of carbonyl (C=O) groups is 2. The molecule has 0 aliphatic heterocycles. The van der Waals surface area contributed by atoms with Gasteiger partial charge in [-0.3, -0.25) is 9.59 Å². The molecule has 0 fully saturated rings. The second-order valence-corrected chi connectivity index (χ2v) is 8.20. The summed E-state index contributed by atoms with van der Waals surface area (Å²) in [7, 11) is 0. The van der Waals surface area contributed by atoms with Gasteiger partial charge in [-0.25, -0.2) is 0 Å². The maximum atomic E-state index is 11.8. The maximum absolute atomic E-state index is 11.8. The molecule has 1 unspecified atom stereocenters. The number of Topliss-reactive ketones (excluding diaryl/α,β-unsaturated/α-hetero) is 1. The van der Waals surface area contributed by atoms with Crippen LogP contribution in [0.5, 0.6) is 0 Å². The number of hydrogen-bond acceptors (Lipinski definition) is 3. The zero-order valence-corrected chi connectivity index (χ0v) is 19.8. The van der Waals surface area contributed by atoms with E-state index < -0.39 is 11.9 Å². The van der Waals surface area contributed by atoms with Gasteiger partial charge < -0.3 is 4.74 Å². The molecule has 0 aromatic rings. The molecule has 0 aliphatic rings. The van der Waals surface area contributed by atoms with Crippen molar-refractivity contribution in [3.63, 3.8) is 0 Å². The third-order valence-corrected chi connectivity index (χ3v) is 4.92. The Labute approximate surface area is 179 Å². The largest absolute Gasteiger partial charge is 0.465 e. The fourth-order valence-electron chi connectivity index (χ4n) is 2.98. The molecule has 0 saturated carbocycles. The number of hydrogen-bond donors (Lipinski definition) is 0. The highest BCUT2D eigenvalue weighted by Crippen LogP contribution is 2.16. The maximum Gasteiger partial charge on any atom is 0.316 e. The minimum atomic E-state index is -0.672. The van der Waals surface area contributed by atoms with Gasteiger partial charge in [0, 0.05) is 0 Å². The minimum absolute atomic E-state index is 0.132. The summed E-state index contributed by atoms with van der Waals surface area (Å²) < 4.78 is 4.99. The lowest BCUT2D eigenvalue weighted by atomic mass is 9.98. The van der Waals surface area contributed by atoms with Gasteiger partial charge in [-0.05, 0) is 93.4 Å². The summed E-state index contributed by atoms with van der Waals surface area (Å²) in [5, 5.41) is 0. The summed E-state index contributed by atoms with van der Waals surface area (Å²) in [5.41, 5.74) is 5.48. The first-order valence-electron chi connectivity index (χ1n) is 10.9. The SMILES string of the molecule is CCOC(=O)C(C/C=C(\C)CC/C=C(\C)CC/C=C(\C)CCC=C(C)C)C(C)=O. The first-order chi connectivity index (χ1) is 13.7.